The summed E-state index contributed by atoms with van der Waals surface area (Å²) in [6.45, 7) is 1.48. The number of rotatable bonds is 7. The molecule has 6 heteroatoms. The maximum absolute atomic E-state index is 14.0. The van der Waals surface area contributed by atoms with Gasteiger partial charge in [-0.25, -0.2) is 4.39 Å². The van der Waals surface area contributed by atoms with Crippen LogP contribution in [0.4, 0.5) is 4.39 Å². The minimum absolute atomic E-state index is 0.117. The SMILES string of the molecule is COCc1cc(C=Cc2c(F)cccc2OCC2CO2)on1. The van der Waals surface area contributed by atoms with E-state index >= 15 is 0 Å². The van der Waals surface area contributed by atoms with Crippen LogP contribution in [0.5, 0.6) is 5.75 Å². The molecule has 2 aromatic rings. The molecule has 0 radical (unpaired) electrons. The minimum atomic E-state index is -0.359. The second-order valence-electron chi connectivity index (χ2n) is 4.90. The Morgan fingerprint density at radius 1 is 1.41 bits per heavy atom. The standard InChI is InChI=1S/C16H16FNO4/c1-19-8-11-7-12(22-18-11)5-6-14-15(17)3-2-4-16(14)21-10-13-9-20-13/h2-7,13H,8-10H2,1H3. The van der Waals surface area contributed by atoms with Gasteiger partial charge in [0.05, 0.1) is 18.8 Å². The molecular formula is C16H16FNO4. The molecule has 1 unspecified atom stereocenters. The third-order valence-corrected chi connectivity index (χ3v) is 3.12. The Morgan fingerprint density at radius 3 is 3.05 bits per heavy atom. The quantitative estimate of drug-likeness (QED) is 0.736. The van der Waals surface area contributed by atoms with Gasteiger partial charge in [-0.3, -0.25) is 0 Å². The summed E-state index contributed by atoms with van der Waals surface area (Å²) in [4.78, 5) is 0. The van der Waals surface area contributed by atoms with E-state index in [-0.39, 0.29) is 11.9 Å². The van der Waals surface area contributed by atoms with E-state index in [1.807, 2.05) is 0 Å². The summed E-state index contributed by atoms with van der Waals surface area (Å²) in [5.74, 6) is 0.636. The van der Waals surface area contributed by atoms with Crippen molar-refractivity contribution in [2.45, 2.75) is 12.7 Å². The lowest BCUT2D eigenvalue weighted by atomic mass is 10.1. The van der Waals surface area contributed by atoms with Gasteiger partial charge in [0.1, 0.15) is 30.0 Å². The Morgan fingerprint density at radius 2 is 2.27 bits per heavy atom. The van der Waals surface area contributed by atoms with Gasteiger partial charge in [-0.1, -0.05) is 11.2 Å². The van der Waals surface area contributed by atoms with E-state index in [2.05, 4.69) is 5.16 Å². The lowest BCUT2D eigenvalue weighted by Gasteiger charge is -2.08. The number of halogens is 1. The number of epoxide rings is 1. The topological polar surface area (TPSA) is 57.0 Å². The fourth-order valence-corrected chi connectivity index (χ4v) is 1.94. The maximum atomic E-state index is 14.0. The van der Waals surface area contributed by atoms with Crippen LogP contribution in [0.15, 0.2) is 28.8 Å². The van der Waals surface area contributed by atoms with Gasteiger partial charge >= 0.3 is 0 Å². The highest BCUT2D eigenvalue weighted by Gasteiger charge is 2.23. The Bertz CT molecular complexity index is 664. The van der Waals surface area contributed by atoms with Gasteiger partial charge in [0, 0.05) is 13.2 Å². The number of benzene rings is 1. The summed E-state index contributed by atoms with van der Waals surface area (Å²) in [6.07, 6.45) is 3.37. The summed E-state index contributed by atoms with van der Waals surface area (Å²) >= 11 is 0. The van der Waals surface area contributed by atoms with Gasteiger partial charge in [-0.05, 0) is 24.3 Å². The third kappa shape index (κ3) is 3.72. The molecule has 0 amide bonds. The second-order valence-corrected chi connectivity index (χ2v) is 4.90. The Balaban J connectivity index is 1.75. The Kier molecular flexibility index (Phi) is 4.50. The molecule has 1 aromatic carbocycles. The third-order valence-electron chi connectivity index (χ3n) is 3.12. The minimum Gasteiger partial charge on any atom is -0.490 e. The molecular weight excluding hydrogens is 289 g/mol. The maximum Gasteiger partial charge on any atom is 0.160 e. The zero-order valence-electron chi connectivity index (χ0n) is 12.1. The molecule has 1 aliphatic heterocycles. The zero-order valence-corrected chi connectivity index (χ0v) is 12.1. The number of hydrogen-bond acceptors (Lipinski definition) is 5. The Hall–Kier alpha value is -2.18. The van der Waals surface area contributed by atoms with Crippen molar-refractivity contribution in [3.63, 3.8) is 0 Å². The van der Waals surface area contributed by atoms with E-state index < -0.39 is 0 Å². The van der Waals surface area contributed by atoms with E-state index in [1.165, 1.54) is 6.07 Å². The van der Waals surface area contributed by atoms with Crippen molar-refractivity contribution < 1.29 is 23.1 Å². The highest BCUT2D eigenvalue weighted by Crippen LogP contribution is 2.25. The van der Waals surface area contributed by atoms with Crippen LogP contribution in [0.1, 0.15) is 17.0 Å². The van der Waals surface area contributed by atoms with Crippen LogP contribution in [-0.4, -0.2) is 31.6 Å². The molecule has 5 nitrogen and oxygen atoms in total. The lowest BCUT2D eigenvalue weighted by Crippen LogP contribution is -2.05. The average Bonchev–Trinajstić information content (AvgIpc) is 3.24. The van der Waals surface area contributed by atoms with E-state index in [1.54, 1.807) is 37.5 Å². The fraction of sp³-hybridized carbons (Fsp3) is 0.312. The summed E-state index contributed by atoms with van der Waals surface area (Å²) in [5.41, 5.74) is 1.05. The predicted octanol–water partition coefficient (Wildman–Crippen LogP) is 2.91. The van der Waals surface area contributed by atoms with Crippen LogP contribution in [-0.2, 0) is 16.1 Å². The normalized spacial score (nSPS) is 17.1. The van der Waals surface area contributed by atoms with Crippen LogP contribution in [0, 0.1) is 5.82 Å². The van der Waals surface area contributed by atoms with Crippen LogP contribution in [0.3, 0.4) is 0 Å². The van der Waals surface area contributed by atoms with E-state index in [4.69, 9.17) is 18.7 Å². The summed E-state index contributed by atoms with van der Waals surface area (Å²) in [6, 6.07) is 6.46. The van der Waals surface area contributed by atoms with E-state index in [0.29, 0.717) is 42.6 Å². The van der Waals surface area contributed by atoms with Crippen LogP contribution >= 0.6 is 0 Å². The van der Waals surface area contributed by atoms with Crippen LogP contribution < -0.4 is 4.74 Å². The number of methoxy groups -OCH3 is 1. The van der Waals surface area contributed by atoms with Crippen molar-refractivity contribution >= 4 is 12.2 Å². The van der Waals surface area contributed by atoms with Gasteiger partial charge in [0.2, 0.25) is 0 Å². The van der Waals surface area contributed by atoms with Crippen molar-refractivity contribution in [1.29, 1.82) is 0 Å². The molecule has 0 saturated carbocycles. The first kappa shape index (κ1) is 14.7. The first-order valence-corrected chi connectivity index (χ1v) is 6.92. The number of ether oxygens (including phenoxy) is 3. The molecule has 116 valence electrons. The highest BCUT2D eigenvalue weighted by molar-refractivity contribution is 5.71. The summed E-state index contributed by atoms with van der Waals surface area (Å²) in [7, 11) is 1.58. The number of hydrogen-bond donors (Lipinski definition) is 0. The first-order valence-electron chi connectivity index (χ1n) is 6.92. The first-order chi connectivity index (χ1) is 10.8. The number of nitrogens with zero attached hydrogens (tertiary/aromatic N) is 1. The monoisotopic (exact) mass is 305 g/mol. The molecule has 1 aromatic heterocycles. The average molecular weight is 305 g/mol. The fourth-order valence-electron chi connectivity index (χ4n) is 1.94. The van der Waals surface area contributed by atoms with Gasteiger partial charge in [-0.15, -0.1) is 0 Å². The largest absolute Gasteiger partial charge is 0.490 e. The Labute approximate surface area is 127 Å². The molecule has 3 rings (SSSR count). The van der Waals surface area contributed by atoms with Crippen LogP contribution in [0.25, 0.3) is 12.2 Å². The molecule has 0 aliphatic carbocycles. The van der Waals surface area contributed by atoms with Gasteiger partial charge in [0.15, 0.2) is 5.76 Å². The van der Waals surface area contributed by atoms with Crippen LogP contribution in [0.2, 0.25) is 0 Å². The van der Waals surface area contributed by atoms with E-state index in [9.17, 15) is 4.39 Å². The van der Waals surface area contributed by atoms with Crippen molar-refractivity contribution in [2.24, 2.45) is 0 Å². The zero-order chi connectivity index (χ0) is 15.4. The van der Waals surface area contributed by atoms with Gasteiger partial charge in [0.25, 0.3) is 0 Å². The smallest absolute Gasteiger partial charge is 0.160 e. The molecule has 1 saturated heterocycles. The van der Waals surface area contributed by atoms with Gasteiger partial charge < -0.3 is 18.7 Å². The molecule has 0 N–H and O–H groups in total. The lowest BCUT2D eigenvalue weighted by molar-refractivity contribution is 0.177. The van der Waals surface area contributed by atoms with Crippen molar-refractivity contribution in [3.8, 4) is 5.75 Å². The predicted molar refractivity (Wildman–Crippen MR) is 77.8 cm³/mol. The highest BCUT2D eigenvalue weighted by atomic mass is 19.1. The molecule has 1 atom stereocenters. The van der Waals surface area contributed by atoms with Crippen molar-refractivity contribution in [3.05, 3.63) is 47.1 Å². The molecule has 1 aliphatic rings. The molecule has 1 fully saturated rings. The second kappa shape index (κ2) is 6.72. The van der Waals surface area contributed by atoms with Crippen molar-refractivity contribution in [1.82, 2.24) is 5.16 Å². The van der Waals surface area contributed by atoms with Gasteiger partial charge in [-0.2, -0.15) is 0 Å². The molecule has 22 heavy (non-hydrogen) atoms. The summed E-state index contributed by atoms with van der Waals surface area (Å²) < 4.78 is 34.8. The molecule has 0 spiro atoms. The summed E-state index contributed by atoms with van der Waals surface area (Å²) in [5, 5.41) is 3.84. The molecule has 2 heterocycles. The van der Waals surface area contributed by atoms with Crippen molar-refractivity contribution in [2.75, 3.05) is 20.3 Å². The van der Waals surface area contributed by atoms with E-state index in [0.717, 1.165) is 0 Å². The molecule has 0 bridgehead atoms. The number of aromatic nitrogens is 1.